The van der Waals surface area contributed by atoms with Crippen molar-refractivity contribution in [2.75, 3.05) is 28.6 Å². The van der Waals surface area contributed by atoms with E-state index in [1.807, 2.05) is 0 Å². The van der Waals surface area contributed by atoms with E-state index in [0.717, 1.165) is 18.4 Å². The summed E-state index contributed by atoms with van der Waals surface area (Å²) in [5.41, 5.74) is 0.755. The molecule has 3 aromatic rings. The van der Waals surface area contributed by atoms with Gasteiger partial charge in [-0.2, -0.15) is 18.3 Å². The van der Waals surface area contributed by atoms with Crippen molar-refractivity contribution in [2.45, 2.75) is 6.18 Å². The number of hydrogen-bond acceptors (Lipinski definition) is 4. The predicted octanol–water partition coefficient (Wildman–Crippen LogP) is 3.50. The van der Waals surface area contributed by atoms with Crippen LogP contribution in [0.25, 0.3) is 10.9 Å². The highest BCUT2D eigenvalue weighted by Crippen LogP contribution is 2.43. The Morgan fingerprint density at radius 3 is 2.44 bits per heavy atom. The van der Waals surface area contributed by atoms with Crippen LogP contribution in [0.2, 0.25) is 0 Å². The standard InChI is InChI=1S/C17H15F3N4O2S/c1-27(25,26)24-7-6-23(14-4-2-3-5-15(14)24)16-9-11(17(18,19)20)8-13-12(16)10-21-22-13/h2-5,8-10H,6-7H2,1H3,(H,21,22). The Morgan fingerprint density at radius 1 is 1.07 bits per heavy atom. The molecule has 0 spiro atoms. The summed E-state index contributed by atoms with van der Waals surface area (Å²) in [6.45, 7) is 0.344. The molecule has 0 amide bonds. The lowest BCUT2D eigenvalue weighted by Gasteiger charge is -2.38. The summed E-state index contributed by atoms with van der Waals surface area (Å²) < 4.78 is 65.5. The van der Waals surface area contributed by atoms with Crippen LogP contribution in [0, 0.1) is 0 Å². The first-order chi connectivity index (χ1) is 12.7. The first-order valence-electron chi connectivity index (χ1n) is 8.05. The van der Waals surface area contributed by atoms with E-state index >= 15 is 0 Å². The monoisotopic (exact) mass is 396 g/mol. The van der Waals surface area contributed by atoms with Crippen LogP contribution in [0.15, 0.2) is 42.6 Å². The Bertz CT molecular complexity index is 1120. The minimum Gasteiger partial charge on any atom is -0.337 e. The van der Waals surface area contributed by atoms with Crippen LogP contribution >= 0.6 is 0 Å². The van der Waals surface area contributed by atoms with Crippen molar-refractivity contribution in [3.8, 4) is 0 Å². The normalized spacial score (nSPS) is 15.3. The summed E-state index contributed by atoms with van der Waals surface area (Å²) in [5.74, 6) is 0. The molecule has 1 N–H and O–H groups in total. The fourth-order valence-corrected chi connectivity index (χ4v) is 4.27. The Balaban J connectivity index is 1.93. The van der Waals surface area contributed by atoms with E-state index in [-0.39, 0.29) is 18.6 Å². The van der Waals surface area contributed by atoms with Gasteiger partial charge in [0.1, 0.15) is 0 Å². The first-order valence-corrected chi connectivity index (χ1v) is 9.90. The molecule has 1 aliphatic heterocycles. The molecule has 0 saturated heterocycles. The highest BCUT2D eigenvalue weighted by atomic mass is 32.2. The van der Waals surface area contributed by atoms with Gasteiger partial charge in [0, 0.05) is 11.9 Å². The smallest absolute Gasteiger partial charge is 0.337 e. The molecule has 0 atom stereocenters. The fraction of sp³-hybridized carbons (Fsp3) is 0.235. The fourth-order valence-electron chi connectivity index (χ4n) is 3.35. The SMILES string of the molecule is CS(=O)(=O)N1CCN(c2cc(C(F)(F)F)cc3[nH]ncc23)c2ccccc21. The van der Waals surface area contributed by atoms with E-state index in [1.54, 1.807) is 29.2 Å². The lowest BCUT2D eigenvalue weighted by molar-refractivity contribution is -0.137. The van der Waals surface area contributed by atoms with E-state index in [0.29, 0.717) is 22.4 Å². The number of nitrogens with one attached hydrogen (secondary N) is 1. The molecule has 2 aromatic carbocycles. The van der Waals surface area contributed by atoms with Gasteiger partial charge in [-0.15, -0.1) is 0 Å². The molecule has 0 unspecified atom stereocenters. The quantitative estimate of drug-likeness (QED) is 0.720. The zero-order valence-electron chi connectivity index (χ0n) is 14.2. The lowest BCUT2D eigenvalue weighted by Crippen LogP contribution is -2.41. The average Bonchev–Trinajstić information content (AvgIpc) is 3.07. The third-order valence-corrected chi connectivity index (χ3v) is 5.70. The molecule has 1 aromatic heterocycles. The number of nitrogens with zero attached hydrogens (tertiary/aromatic N) is 3. The Kier molecular flexibility index (Phi) is 3.84. The zero-order valence-corrected chi connectivity index (χ0v) is 15.0. The molecule has 0 radical (unpaired) electrons. The summed E-state index contributed by atoms with van der Waals surface area (Å²) in [4.78, 5) is 1.70. The number of benzene rings is 2. The number of H-pyrrole nitrogens is 1. The van der Waals surface area contributed by atoms with Crippen LogP contribution in [0.5, 0.6) is 0 Å². The number of halogens is 3. The molecule has 0 saturated carbocycles. The van der Waals surface area contributed by atoms with Crippen molar-refractivity contribution in [1.29, 1.82) is 0 Å². The van der Waals surface area contributed by atoms with Crippen molar-refractivity contribution < 1.29 is 21.6 Å². The second kappa shape index (κ2) is 5.88. The van der Waals surface area contributed by atoms with Gasteiger partial charge >= 0.3 is 6.18 Å². The van der Waals surface area contributed by atoms with Gasteiger partial charge in [0.2, 0.25) is 10.0 Å². The number of aromatic nitrogens is 2. The van der Waals surface area contributed by atoms with E-state index in [4.69, 9.17) is 0 Å². The van der Waals surface area contributed by atoms with Crippen molar-refractivity contribution >= 4 is 38.0 Å². The molecule has 2 heterocycles. The molecule has 1 aliphatic rings. The van der Waals surface area contributed by atoms with E-state index in [2.05, 4.69) is 10.2 Å². The van der Waals surface area contributed by atoms with Gasteiger partial charge in [0.15, 0.2) is 0 Å². The largest absolute Gasteiger partial charge is 0.416 e. The van der Waals surface area contributed by atoms with E-state index in [1.165, 1.54) is 10.5 Å². The highest BCUT2D eigenvalue weighted by Gasteiger charge is 2.34. The van der Waals surface area contributed by atoms with Crippen LogP contribution in [0.1, 0.15) is 5.56 Å². The van der Waals surface area contributed by atoms with E-state index < -0.39 is 21.8 Å². The third kappa shape index (κ3) is 2.99. The van der Waals surface area contributed by atoms with Gasteiger partial charge in [-0.05, 0) is 24.3 Å². The van der Waals surface area contributed by atoms with Crippen molar-refractivity contribution in [2.24, 2.45) is 0 Å². The topological polar surface area (TPSA) is 69.3 Å². The Morgan fingerprint density at radius 2 is 1.78 bits per heavy atom. The number of fused-ring (bicyclic) bond motifs is 2. The number of rotatable bonds is 2. The van der Waals surface area contributed by atoms with Crippen LogP contribution < -0.4 is 9.21 Å². The Labute approximate surface area is 153 Å². The number of anilines is 3. The third-order valence-electron chi connectivity index (χ3n) is 4.52. The van der Waals surface area contributed by atoms with Crippen molar-refractivity contribution in [1.82, 2.24) is 10.2 Å². The maximum absolute atomic E-state index is 13.3. The van der Waals surface area contributed by atoms with Gasteiger partial charge in [-0.25, -0.2) is 8.42 Å². The molecule has 4 rings (SSSR count). The van der Waals surface area contributed by atoms with E-state index in [9.17, 15) is 21.6 Å². The Hall–Kier alpha value is -2.75. The zero-order chi connectivity index (χ0) is 19.4. The second-order valence-corrected chi connectivity index (χ2v) is 8.21. The maximum Gasteiger partial charge on any atom is 0.416 e. The molecule has 0 fully saturated rings. The molecular weight excluding hydrogens is 381 g/mol. The molecular formula is C17H15F3N4O2S. The van der Waals surface area contributed by atoms with Crippen LogP contribution in [-0.2, 0) is 16.2 Å². The van der Waals surface area contributed by atoms with Gasteiger partial charge in [-0.3, -0.25) is 9.40 Å². The summed E-state index contributed by atoms with van der Waals surface area (Å²) in [7, 11) is -3.50. The lowest BCUT2D eigenvalue weighted by atomic mass is 10.1. The number of alkyl halides is 3. The number of sulfonamides is 1. The minimum atomic E-state index is -4.51. The first kappa shape index (κ1) is 17.7. The number of aromatic amines is 1. The van der Waals surface area contributed by atoms with Crippen LogP contribution in [0.4, 0.5) is 30.2 Å². The van der Waals surface area contributed by atoms with Crippen LogP contribution in [0.3, 0.4) is 0 Å². The molecule has 0 aliphatic carbocycles. The molecule has 142 valence electrons. The maximum atomic E-state index is 13.3. The highest BCUT2D eigenvalue weighted by molar-refractivity contribution is 7.92. The second-order valence-electron chi connectivity index (χ2n) is 6.30. The molecule has 0 bridgehead atoms. The average molecular weight is 396 g/mol. The van der Waals surface area contributed by atoms with Crippen molar-refractivity contribution in [3.63, 3.8) is 0 Å². The van der Waals surface area contributed by atoms with Gasteiger partial charge in [-0.1, -0.05) is 12.1 Å². The number of hydrogen-bond donors (Lipinski definition) is 1. The predicted molar refractivity (Wildman–Crippen MR) is 96.7 cm³/mol. The molecule has 6 nitrogen and oxygen atoms in total. The van der Waals surface area contributed by atoms with Gasteiger partial charge in [0.05, 0.1) is 47.1 Å². The summed E-state index contributed by atoms with van der Waals surface area (Å²) >= 11 is 0. The molecule has 10 heteroatoms. The van der Waals surface area contributed by atoms with Gasteiger partial charge < -0.3 is 4.90 Å². The summed E-state index contributed by atoms with van der Waals surface area (Å²) in [6, 6.07) is 8.84. The van der Waals surface area contributed by atoms with Crippen LogP contribution in [-0.4, -0.2) is 38.0 Å². The summed E-state index contributed by atoms with van der Waals surface area (Å²) in [6.07, 6.45) is -1.93. The van der Waals surface area contributed by atoms with Gasteiger partial charge in [0.25, 0.3) is 0 Å². The summed E-state index contributed by atoms with van der Waals surface area (Å²) in [5, 5.41) is 6.98. The molecule has 27 heavy (non-hydrogen) atoms. The number of para-hydroxylation sites is 2. The van der Waals surface area contributed by atoms with Crippen molar-refractivity contribution in [3.05, 3.63) is 48.2 Å². The minimum absolute atomic E-state index is 0.130.